The van der Waals surface area contributed by atoms with Crippen molar-refractivity contribution >= 4 is 26.9 Å². The normalized spacial score (nSPS) is 18.9. The molecule has 2 aromatic heterocycles. The molecule has 1 saturated heterocycles. The van der Waals surface area contributed by atoms with Crippen LogP contribution in [-0.2, 0) is 10.0 Å². The van der Waals surface area contributed by atoms with Gasteiger partial charge in [-0.1, -0.05) is 18.2 Å². The number of anilines is 1. The standard InChI is InChI=1S/C17H20N6O2S/c1-26(24,25)22-9-5-6-13(11-22)21-16-15-10-20-23(17(15)19-12-18-16)14-7-3-2-4-8-14/h2-4,7-8,10,12-13H,5-6,9,11H2,1H3,(H,18,19,21). The molecule has 3 heterocycles. The van der Waals surface area contributed by atoms with Gasteiger partial charge < -0.3 is 5.32 Å². The number of aromatic nitrogens is 4. The van der Waals surface area contributed by atoms with Crippen LogP contribution in [-0.4, -0.2) is 57.9 Å². The zero-order valence-electron chi connectivity index (χ0n) is 14.4. The van der Waals surface area contributed by atoms with E-state index in [1.54, 1.807) is 10.9 Å². The van der Waals surface area contributed by atoms with Crippen molar-refractivity contribution < 1.29 is 8.42 Å². The Labute approximate surface area is 151 Å². The van der Waals surface area contributed by atoms with Crippen molar-refractivity contribution in [3.8, 4) is 5.69 Å². The van der Waals surface area contributed by atoms with Crippen molar-refractivity contribution in [3.63, 3.8) is 0 Å². The van der Waals surface area contributed by atoms with Gasteiger partial charge in [0, 0.05) is 19.1 Å². The van der Waals surface area contributed by atoms with E-state index < -0.39 is 10.0 Å². The topological polar surface area (TPSA) is 93.0 Å². The number of hydrogen-bond acceptors (Lipinski definition) is 6. The highest BCUT2D eigenvalue weighted by Gasteiger charge is 2.26. The Morgan fingerprint density at radius 2 is 2.00 bits per heavy atom. The fourth-order valence-electron chi connectivity index (χ4n) is 3.27. The summed E-state index contributed by atoms with van der Waals surface area (Å²) in [5.41, 5.74) is 1.64. The third-order valence-corrected chi connectivity index (χ3v) is 5.83. The zero-order valence-corrected chi connectivity index (χ0v) is 15.2. The molecule has 3 aromatic rings. The van der Waals surface area contributed by atoms with Crippen LogP contribution >= 0.6 is 0 Å². The van der Waals surface area contributed by atoms with Gasteiger partial charge >= 0.3 is 0 Å². The second-order valence-corrected chi connectivity index (χ2v) is 8.44. The number of nitrogens with one attached hydrogen (secondary N) is 1. The first-order chi connectivity index (χ1) is 12.5. The maximum absolute atomic E-state index is 11.8. The lowest BCUT2D eigenvalue weighted by Gasteiger charge is -2.31. The summed E-state index contributed by atoms with van der Waals surface area (Å²) in [5, 5.41) is 8.63. The van der Waals surface area contributed by atoms with E-state index in [0.29, 0.717) is 24.6 Å². The van der Waals surface area contributed by atoms with E-state index in [0.717, 1.165) is 23.9 Å². The van der Waals surface area contributed by atoms with Crippen molar-refractivity contribution in [3.05, 3.63) is 42.9 Å². The summed E-state index contributed by atoms with van der Waals surface area (Å²) < 4.78 is 26.9. The molecule has 1 atom stereocenters. The van der Waals surface area contributed by atoms with Crippen molar-refractivity contribution in [1.29, 1.82) is 0 Å². The van der Waals surface area contributed by atoms with Crippen molar-refractivity contribution in [2.45, 2.75) is 18.9 Å². The Hall–Kier alpha value is -2.52. The molecule has 4 rings (SSSR count). The average molecular weight is 372 g/mol. The molecule has 1 unspecified atom stereocenters. The molecule has 1 fully saturated rings. The highest BCUT2D eigenvalue weighted by molar-refractivity contribution is 7.88. The fraction of sp³-hybridized carbons (Fsp3) is 0.353. The number of nitrogens with zero attached hydrogens (tertiary/aromatic N) is 5. The van der Waals surface area contributed by atoms with Crippen LogP contribution in [0.15, 0.2) is 42.9 Å². The lowest BCUT2D eigenvalue weighted by Crippen LogP contribution is -2.44. The Bertz CT molecular complexity index is 1020. The predicted octanol–water partition coefficient (Wildman–Crippen LogP) is 1.65. The first-order valence-electron chi connectivity index (χ1n) is 8.48. The molecule has 0 aliphatic carbocycles. The van der Waals surface area contributed by atoms with E-state index in [1.807, 2.05) is 30.3 Å². The summed E-state index contributed by atoms with van der Waals surface area (Å²) in [6.07, 6.45) is 6.21. The summed E-state index contributed by atoms with van der Waals surface area (Å²) in [4.78, 5) is 8.72. The van der Waals surface area contributed by atoms with Gasteiger partial charge in [0.05, 0.1) is 23.5 Å². The molecule has 1 aliphatic heterocycles. The molecule has 1 aliphatic rings. The summed E-state index contributed by atoms with van der Waals surface area (Å²) in [7, 11) is -3.18. The van der Waals surface area contributed by atoms with Crippen LogP contribution in [0.5, 0.6) is 0 Å². The second kappa shape index (κ2) is 6.65. The predicted molar refractivity (Wildman–Crippen MR) is 99.7 cm³/mol. The van der Waals surface area contributed by atoms with Crippen LogP contribution in [0.2, 0.25) is 0 Å². The van der Waals surface area contributed by atoms with Gasteiger partial charge in [-0.25, -0.2) is 27.4 Å². The lowest BCUT2D eigenvalue weighted by atomic mass is 10.1. The van der Waals surface area contributed by atoms with E-state index in [2.05, 4.69) is 20.4 Å². The molecule has 0 amide bonds. The SMILES string of the molecule is CS(=O)(=O)N1CCCC(Nc2ncnc3c2cnn3-c2ccccc2)C1. The molecule has 1 N–H and O–H groups in total. The first kappa shape index (κ1) is 16.9. The summed E-state index contributed by atoms with van der Waals surface area (Å²) in [6.45, 7) is 1.01. The number of para-hydroxylation sites is 1. The van der Waals surface area contributed by atoms with E-state index in [4.69, 9.17) is 0 Å². The highest BCUT2D eigenvalue weighted by Crippen LogP contribution is 2.24. The minimum atomic E-state index is -3.18. The smallest absolute Gasteiger partial charge is 0.211 e. The quantitative estimate of drug-likeness (QED) is 0.749. The maximum Gasteiger partial charge on any atom is 0.211 e. The number of fused-ring (bicyclic) bond motifs is 1. The maximum atomic E-state index is 11.8. The molecule has 0 radical (unpaired) electrons. The van der Waals surface area contributed by atoms with Gasteiger partial charge in [-0.15, -0.1) is 0 Å². The molecule has 26 heavy (non-hydrogen) atoms. The zero-order chi connectivity index (χ0) is 18.1. The van der Waals surface area contributed by atoms with Crippen LogP contribution < -0.4 is 5.32 Å². The molecule has 8 nitrogen and oxygen atoms in total. The van der Waals surface area contributed by atoms with Gasteiger partial charge in [-0.2, -0.15) is 5.10 Å². The molecule has 0 bridgehead atoms. The Morgan fingerprint density at radius 1 is 1.19 bits per heavy atom. The molecule has 0 saturated carbocycles. The van der Waals surface area contributed by atoms with E-state index >= 15 is 0 Å². The highest BCUT2D eigenvalue weighted by atomic mass is 32.2. The molecule has 136 valence electrons. The van der Waals surface area contributed by atoms with Gasteiger partial charge in [-0.3, -0.25) is 0 Å². The van der Waals surface area contributed by atoms with Gasteiger partial charge in [-0.05, 0) is 25.0 Å². The molecule has 9 heteroatoms. The largest absolute Gasteiger partial charge is 0.365 e. The molecule has 1 aromatic carbocycles. The number of rotatable bonds is 4. The number of piperidine rings is 1. The van der Waals surface area contributed by atoms with Crippen molar-refractivity contribution in [1.82, 2.24) is 24.1 Å². The van der Waals surface area contributed by atoms with Crippen molar-refractivity contribution in [2.24, 2.45) is 0 Å². The number of benzene rings is 1. The van der Waals surface area contributed by atoms with Crippen LogP contribution in [0, 0.1) is 0 Å². The van der Waals surface area contributed by atoms with E-state index in [-0.39, 0.29) is 6.04 Å². The fourth-order valence-corrected chi connectivity index (χ4v) is 4.18. The monoisotopic (exact) mass is 372 g/mol. The number of hydrogen-bond donors (Lipinski definition) is 1. The summed E-state index contributed by atoms with van der Waals surface area (Å²) in [6, 6.07) is 9.79. The van der Waals surface area contributed by atoms with Gasteiger partial charge in [0.25, 0.3) is 0 Å². The van der Waals surface area contributed by atoms with Gasteiger partial charge in [0.2, 0.25) is 10.0 Å². The van der Waals surface area contributed by atoms with Crippen molar-refractivity contribution in [2.75, 3.05) is 24.7 Å². The van der Waals surface area contributed by atoms with E-state index in [9.17, 15) is 8.42 Å². The molecule has 0 spiro atoms. The Kier molecular flexibility index (Phi) is 4.33. The average Bonchev–Trinajstić information content (AvgIpc) is 3.07. The lowest BCUT2D eigenvalue weighted by molar-refractivity contribution is 0.329. The van der Waals surface area contributed by atoms with Crippen LogP contribution in [0.1, 0.15) is 12.8 Å². The van der Waals surface area contributed by atoms with Crippen LogP contribution in [0.3, 0.4) is 0 Å². The second-order valence-electron chi connectivity index (χ2n) is 6.46. The van der Waals surface area contributed by atoms with E-state index in [1.165, 1.54) is 16.9 Å². The first-order valence-corrected chi connectivity index (χ1v) is 10.3. The third kappa shape index (κ3) is 3.27. The summed E-state index contributed by atoms with van der Waals surface area (Å²) >= 11 is 0. The summed E-state index contributed by atoms with van der Waals surface area (Å²) in [5.74, 6) is 0.678. The minimum absolute atomic E-state index is 0.0108. The molecular weight excluding hydrogens is 352 g/mol. The van der Waals surface area contributed by atoms with Crippen LogP contribution in [0.4, 0.5) is 5.82 Å². The van der Waals surface area contributed by atoms with Gasteiger partial charge in [0.15, 0.2) is 5.65 Å². The number of sulfonamides is 1. The Morgan fingerprint density at radius 3 is 2.77 bits per heavy atom. The van der Waals surface area contributed by atoms with Gasteiger partial charge in [0.1, 0.15) is 12.1 Å². The Balaban J connectivity index is 1.63. The minimum Gasteiger partial charge on any atom is -0.365 e. The van der Waals surface area contributed by atoms with Crippen LogP contribution in [0.25, 0.3) is 16.7 Å². The third-order valence-electron chi connectivity index (χ3n) is 4.56. The molecular formula is C17H20N6O2S.